The van der Waals surface area contributed by atoms with Crippen molar-refractivity contribution in [3.63, 3.8) is 0 Å². The molecular formula is C17H34F6NO4S2Y+2. The van der Waals surface area contributed by atoms with Crippen LogP contribution < -0.4 is 0 Å². The van der Waals surface area contributed by atoms with E-state index in [9.17, 15) is 26.3 Å². The van der Waals surface area contributed by atoms with E-state index in [1.165, 1.54) is 75.5 Å². The number of alkyl halides is 6. The van der Waals surface area contributed by atoms with Gasteiger partial charge in [-0.1, -0.05) is 46.5 Å². The number of hydrogen-bond acceptors (Lipinski definition) is 6. The Balaban J connectivity index is -0.000000202. The Hall–Kier alpha value is 0.544. The molecule has 0 saturated heterocycles. The van der Waals surface area contributed by atoms with Crippen LogP contribution in [0, 0.1) is 0 Å². The van der Waals surface area contributed by atoms with Crippen molar-refractivity contribution in [2.45, 2.75) is 83.2 Å². The quantitative estimate of drug-likeness (QED) is 0.125. The standard InChI is InChI=1S/C15H34N.2CF3O2S.Y/c1-5-8-11-12-15-16(4,13-9-6-2)14-10-7-3;2*2-1(3,4)7(5)6;/h5-15H2,1-4H3;;;/q+1;2*-1;+3. The molecule has 0 aromatic heterocycles. The summed E-state index contributed by atoms with van der Waals surface area (Å²) in [6, 6.07) is 0. The van der Waals surface area contributed by atoms with Crippen LogP contribution in [0.3, 0.4) is 0 Å². The van der Waals surface area contributed by atoms with E-state index in [1.54, 1.807) is 0 Å². The summed E-state index contributed by atoms with van der Waals surface area (Å²) in [5, 5.41) is 0. The fraction of sp³-hybridized carbons (Fsp3) is 1.00. The van der Waals surface area contributed by atoms with E-state index in [-0.39, 0.29) is 32.7 Å². The van der Waals surface area contributed by atoms with Gasteiger partial charge in [0.25, 0.3) is 0 Å². The first-order valence-electron chi connectivity index (χ1n) is 9.73. The normalized spacial score (nSPS) is 11.9. The average Bonchev–Trinajstić information content (AvgIpc) is 2.61. The van der Waals surface area contributed by atoms with Gasteiger partial charge in [0.2, 0.25) is 0 Å². The molecule has 0 radical (unpaired) electrons. The fourth-order valence-electron chi connectivity index (χ4n) is 2.34. The molecule has 5 nitrogen and oxygen atoms in total. The van der Waals surface area contributed by atoms with E-state index in [4.69, 9.17) is 16.8 Å². The van der Waals surface area contributed by atoms with Gasteiger partial charge in [0, 0.05) is 21.4 Å². The Bertz CT molecular complexity index is 512. The molecule has 0 rings (SSSR count). The van der Waals surface area contributed by atoms with Gasteiger partial charge in [-0.2, -0.15) is 26.3 Å². The zero-order valence-corrected chi connectivity index (χ0v) is 23.0. The Labute approximate surface area is 210 Å². The molecule has 186 valence electrons. The summed E-state index contributed by atoms with van der Waals surface area (Å²) in [6.07, 6.45) is 11.1. The molecule has 0 fully saturated rings. The molecule has 14 heteroatoms. The molecule has 0 aliphatic heterocycles. The molecule has 0 aliphatic carbocycles. The molecule has 0 aliphatic rings. The Morgan fingerprint density at radius 1 is 0.581 bits per heavy atom. The van der Waals surface area contributed by atoms with Gasteiger partial charge in [-0.3, -0.25) is 0 Å². The second-order valence-corrected chi connectivity index (χ2v) is 8.78. The van der Waals surface area contributed by atoms with Gasteiger partial charge in [0.15, 0.2) is 0 Å². The number of nitrogens with zero attached hydrogens (tertiary/aromatic N) is 1. The number of rotatable bonds is 11. The molecule has 31 heavy (non-hydrogen) atoms. The maximum Gasteiger partial charge on any atom is 3.00 e. The van der Waals surface area contributed by atoms with E-state index < -0.39 is 32.4 Å². The van der Waals surface area contributed by atoms with Crippen LogP contribution in [-0.2, 0) is 71.0 Å². The predicted octanol–water partition coefficient (Wildman–Crippen LogP) is 6.24. The third kappa shape index (κ3) is 28.5. The zero-order valence-electron chi connectivity index (χ0n) is 18.5. The maximum atomic E-state index is 10.6. The summed E-state index contributed by atoms with van der Waals surface area (Å²) < 4.78 is 100. The fourth-order valence-corrected chi connectivity index (χ4v) is 2.34. The van der Waals surface area contributed by atoms with Gasteiger partial charge < -0.3 is 21.3 Å². The molecule has 0 heterocycles. The van der Waals surface area contributed by atoms with E-state index in [1.807, 2.05) is 0 Å². The second kappa shape index (κ2) is 21.1. The first kappa shape index (κ1) is 38.8. The monoisotopic (exact) mass is 583 g/mol. The Morgan fingerprint density at radius 2 is 0.839 bits per heavy atom. The van der Waals surface area contributed by atoms with Gasteiger partial charge in [-0.25, -0.2) is 0 Å². The largest absolute Gasteiger partial charge is 3.00 e. The Kier molecular flexibility index (Phi) is 26.4. The van der Waals surface area contributed by atoms with E-state index in [2.05, 4.69) is 27.8 Å². The van der Waals surface area contributed by atoms with Crippen LogP contribution >= 0.6 is 0 Å². The van der Waals surface area contributed by atoms with Crippen molar-refractivity contribution in [1.82, 2.24) is 0 Å². The smallest absolute Gasteiger partial charge is 0.416 e. The summed E-state index contributed by atoms with van der Waals surface area (Å²) in [5.74, 6) is 0. The number of hydrogen-bond donors (Lipinski definition) is 0. The van der Waals surface area contributed by atoms with E-state index in [0.717, 1.165) is 0 Å². The summed E-state index contributed by atoms with van der Waals surface area (Å²) >= 11 is 0. The third-order valence-corrected chi connectivity index (χ3v) is 4.79. The van der Waals surface area contributed by atoms with Gasteiger partial charge in [0.05, 0.1) is 26.7 Å². The van der Waals surface area contributed by atoms with Crippen LogP contribution in [0.5, 0.6) is 0 Å². The van der Waals surface area contributed by atoms with Crippen molar-refractivity contribution in [2.24, 2.45) is 0 Å². The molecule has 0 atom stereocenters. The van der Waals surface area contributed by atoms with Crippen LogP contribution in [0.1, 0.15) is 72.1 Å². The third-order valence-electron chi connectivity index (χ3n) is 4.03. The minimum Gasteiger partial charge on any atom is -0.416 e. The van der Waals surface area contributed by atoms with Crippen molar-refractivity contribution in [3.8, 4) is 0 Å². The van der Waals surface area contributed by atoms with Crippen molar-refractivity contribution >= 4 is 21.4 Å². The molecular weight excluding hydrogens is 549 g/mol. The first-order chi connectivity index (χ1) is 13.6. The predicted molar refractivity (Wildman–Crippen MR) is 104 cm³/mol. The topological polar surface area (TPSA) is 68.3 Å². The van der Waals surface area contributed by atoms with Crippen molar-refractivity contribution in [1.29, 1.82) is 0 Å². The minimum absolute atomic E-state index is 0. The molecule has 0 saturated carbocycles. The van der Waals surface area contributed by atoms with Gasteiger partial charge in [0.1, 0.15) is 0 Å². The van der Waals surface area contributed by atoms with Gasteiger partial charge in [-0.15, -0.1) is 0 Å². The summed E-state index contributed by atoms with van der Waals surface area (Å²) in [4.78, 5) is 0. The second-order valence-electron chi connectivity index (χ2n) is 6.92. The summed E-state index contributed by atoms with van der Waals surface area (Å²) in [5.41, 5.74) is -10.2. The van der Waals surface area contributed by atoms with E-state index in [0.29, 0.717) is 0 Å². The molecule has 0 aromatic rings. The summed E-state index contributed by atoms with van der Waals surface area (Å²) in [7, 11) is -5.40. The van der Waals surface area contributed by atoms with Gasteiger partial charge in [-0.05, 0) is 25.7 Å². The molecule has 0 spiro atoms. The Morgan fingerprint density at radius 3 is 1.06 bits per heavy atom. The van der Waals surface area contributed by atoms with E-state index >= 15 is 0 Å². The molecule has 0 unspecified atom stereocenters. The van der Waals surface area contributed by atoms with Crippen LogP contribution in [0.4, 0.5) is 26.3 Å². The zero-order chi connectivity index (χ0) is 24.4. The van der Waals surface area contributed by atoms with Crippen molar-refractivity contribution < 1.29 is 80.4 Å². The van der Waals surface area contributed by atoms with Crippen molar-refractivity contribution in [2.75, 3.05) is 26.7 Å². The summed E-state index contributed by atoms with van der Waals surface area (Å²) in [6.45, 7) is 11.1. The average molecular weight is 583 g/mol. The van der Waals surface area contributed by atoms with Crippen LogP contribution in [0.2, 0.25) is 0 Å². The molecule has 0 amide bonds. The maximum absolute atomic E-state index is 10.6. The van der Waals surface area contributed by atoms with Crippen LogP contribution in [0.15, 0.2) is 0 Å². The molecule has 0 N–H and O–H groups in total. The van der Waals surface area contributed by atoms with Crippen molar-refractivity contribution in [3.05, 3.63) is 0 Å². The molecule has 0 bridgehead atoms. The SMILES string of the molecule is CCCCCC[N+](C)(CCCC)CCCC.O=[S-](=O)C(F)(F)F.O=[S-](=O)C(F)(F)F.[Y+3]. The number of quaternary nitrogens is 1. The van der Waals surface area contributed by atoms with Crippen LogP contribution in [-0.4, -0.2) is 42.2 Å². The van der Waals surface area contributed by atoms with Gasteiger partial charge >= 0.3 is 43.7 Å². The first-order valence-corrected chi connectivity index (χ1v) is 11.9. The van der Waals surface area contributed by atoms with Crippen LogP contribution in [0.25, 0.3) is 0 Å². The number of unbranched alkanes of at least 4 members (excludes halogenated alkanes) is 5. The minimum atomic E-state index is -5.08. The number of halogens is 6. The molecule has 0 aromatic carbocycles.